The van der Waals surface area contributed by atoms with Crippen LogP contribution in [0.4, 0.5) is 11.6 Å². The topological polar surface area (TPSA) is 117 Å². The fraction of sp³-hybridized carbons (Fsp3) is 0.136. The minimum atomic E-state index is -3.72. The van der Waals surface area contributed by atoms with Crippen molar-refractivity contribution in [1.82, 2.24) is 15.0 Å². The number of amides is 1. The van der Waals surface area contributed by atoms with Crippen molar-refractivity contribution in [3.8, 4) is 0 Å². The highest BCUT2D eigenvalue weighted by molar-refractivity contribution is 7.92. The lowest BCUT2D eigenvalue weighted by Crippen LogP contribution is -2.15. The number of aromatic nitrogens is 3. The monoisotopic (exact) mass is 433 g/mol. The molecule has 4 aromatic rings. The first-order chi connectivity index (χ1) is 15.0. The van der Waals surface area contributed by atoms with Crippen molar-refractivity contribution in [2.45, 2.75) is 17.2 Å². The molecule has 2 aromatic heterocycles. The molecule has 156 valence electrons. The van der Waals surface area contributed by atoms with E-state index in [1.165, 1.54) is 12.4 Å². The van der Waals surface area contributed by atoms with Gasteiger partial charge in [-0.1, -0.05) is 18.2 Å². The van der Waals surface area contributed by atoms with Gasteiger partial charge in [0.2, 0.25) is 11.9 Å². The highest BCUT2D eigenvalue weighted by Gasteiger charge is 2.44. The van der Waals surface area contributed by atoms with E-state index in [9.17, 15) is 13.2 Å². The number of H-pyrrole nitrogens is 1. The predicted octanol–water partition coefficient (Wildman–Crippen LogP) is 3.50. The average Bonchev–Trinajstić information content (AvgIpc) is 3.43. The van der Waals surface area contributed by atoms with Crippen LogP contribution in [0.1, 0.15) is 17.9 Å². The van der Waals surface area contributed by atoms with Gasteiger partial charge in [-0.3, -0.25) is 9.78 Å². The van der Waals surface area contributed by atoms with Crippen molar-refractivity contribution < 1.29 is 13.2 Å². The van der Waals surface area contributed by atoms with E-state index in [1.807, 2.05) is 24.3 Å². The minimum absolute atomic E-state index is 0.0328. The third-order valence-corrected chi connectivity index (χ3v) is 6.74. The van der Waals surface area contributed by atoms with Gasteiger partial charge in [-0.25, -0.2) is 18.1 Å². The number of carbonyl (C=O) groups is 1. The first-order valence-corrected chi connectivity index (χ1v) is 11.2. The standard InChI is InChI=1S/C22H19N5O3S/c28-21(26-17-4-1-16-13-23-8-7-15(16)11-17)20-12-19(20)14-2-5-18(6-3-14)31(29,30)27-22-24-9-10-25-22/h1-11,13,19-20H,12H2,(H,26,28)(H2,24,25,27). The van der Waals surface area contributed by atoms with Gasteiger partial charge in [0, 0.05) is 41.8 Å². The molecule has 0 saturated heterocycles. The molecular weight excluding hydrogens is 414 g/mol. The maximum Gasteiger partial charge on any atom is 0.264 e. The Labute approximate surface area is 178 Å². The number of fused-ring (bicyclic) bond motifs is 1. The molecule has 0 spiro atoms. The van der Waals surface area contributed by atoms with E-state index in [0.717, 1.165) is 28.4 Å². The van der Waals surface area contributed by atoms with Crippen LogP contribution in [0.2, 0.25) is 0 Å². The second kappa shape index (κ2) is 7.51. The molecule has 2 heterocycles. The Kier molecular flexibility index (Phi) is 4.67. The zero-order chi connectivity index (χ0) is 21.4. The Morgan fingerprint density at radius 1 is 1.03 bits per heavy atom. The lowest BCUT2D eigenvalue weighted by Gasteiger charge is -2.08. The first-order valence-electron chi connectivity index (χ1n) is 9.76. The van der Waals surface area contributed by atoms with Crippen molar-refractivity contribution in [2.24, 2.45) is 5.92 Å². The van der Waals surface area contributed by atoms with Gasteiger partial charge in [-0.2, -0.15) is 0 Å². The van der Waals surface area contributed by atoms with Crippen molar-refractivity contribution in [3.05, 3.63) is 78.9 Å². The smallest absolute Gasteiger partial charge is 0.264 e. The normalized spacial score (nSPS) is 17.9. The SMILES string of the molecule is O=C(Nc1ccc2cnccc2c1)C1CC1c1ccc(S(=O)(=O)Nc2ncc[nH]2)cc1. The first kappa shape index (κ1) is 19.3. The molecule has 8 nitrogen and oxygen atoms in total. The number of hydrogen-bond donors (Lipinski definition) is 3. The summed E-state index contributed by atoms with van der Waals surface area (Å²) in [5.41, 5.74) is 1.70. The van der Waals surface area contributed by atoms with Gasteiger partial charge in [0.25, 0.3) is 10.0 Å². The molecule has 1 aliphatic rings. The molecular formula is C22H19N5O3S. The largest absolute Gasteiger partial charge is 0.330 e. The van der Waals surface area contributed by atoms with Gasteiger partial charge in [-0.15, -0.1) is 0 Å². The van der Waals surface area contributed by atoms with Crippen LogP contribution in [0, 0.1) is 5.92 Å². The summed E-state index contributed by atoms with van der Waals surface area (Å²) >= 11 is 0. The van der Waals surface area contributed by atoms with E-state index < -0.39 is 10.0 Å². The van der Waals surface area contributed by atoms with E-state index in [2.05, 4.69) is 25.0 Å². The number of rotatable bonds is 6. The molecule has 0 bridgehead atoms. The van der Waals surface area contributed by atoms with Crippen LogP contribution in [-0.2, 0) is 14.8 Å². The molecule has 9 heteroatoms. The van der Waals surface area contributed by atoms with Crippen LogP contribution in [-0.4, -0.2) is 29.3 Å². The van der Waals surface area contributed by atoms with Crippen LogP contribution in [0.15, 0.2) is 78.2 Å². The molecule has 31 heavy (non-hydrogen) atoms. The number of nitrogens with zero attached hydrogens (tertiary/aromatic N) is 2. The molecule has 1 amide bonds. The Morgan fingerprint density at radius 3 is 2.65 bits per heavy atom. The number of nitrogens with one attached hydrogen (secondary N) is 3. The van der Waals surface area contributed by atoms with Crippen molar-refractivity contribution in [1.29, 1.82) is 0 Å². The summed E-state index contributed by atoms with van der Waals surface area (Å²) in [5.74, 6) is 0.0822. The summed E-state index contributed by atoms with van der Waals surface area (Å²) in [6.45, 7) is 0. The third-order valence-electron chi connectivity index (χ3n) is 5.38. The maximum atomic E-state index is 12.7. The minimum Gasteiger partial charge on any atom is -0.330 e. The summed E-state index contributed by atoms with van der Waals surface area (Å²) in [6, 6.07) is 14.2. The molecule has 5 rings (SSSR count). The van der Waals surface area contributed by atoms with Crippen LogP contribution in [0.5, 0.6) is 0 Å². The highest BCUT2D eigenvalue weighted by atomic mass is 32.2. The summed E-state index contributed by atoms with van der Waals surface area (Å²) in [5, 5.41) is 5.01. The number of pyridine rings is 1. The van der Waals surface area contributed by atoms with Gasteiger partial charge in [0.05, 0.1) is 4.90 Å². The lowest BCUT2D eigenvalue weighted by molar-refractivity contribution is -0.117. The second-order valence-electron chi connectivity index (χ2n) is 7.49. The van der Waals surface area contributed by atoms with Crippen LogP contribution in [0.25, 0.3) is 10.8 Å². The number of aromatic amines is 1. The summed E-state index contributed by atoms with van der Waals surface area (Å²) in [6.07, 6.45) is 7.24. The van der Waals surface area contributed by atoms with E-state index in [4.69, 9.17) is 0 Å². The molecule has 2 unspecified atom stereocenters. The number of imidazole rings is 1. The van der Waals surface area contributed by atoms with E-state index in [-0.39, 0.29) is 28.6 Å². The van der Waals surface area contributed by atoms with Crippen LogP contribution in [0.3, 0.4) is 0 Å². The Bertz CT molecular complexity index is 1350. The van der Waals surface area contributed by atoms with Crippen molar-refractivity contribution >= 4 is 38.3 Å². The van der Waals surface area contributed by atoms with Gasteiger partial charge < -0.3 is 10.3 Å². The van der Waals surface area contributed by atoms with Crippen molar-refractivity contribution in [3.63, 3.8) is 0 Å². The van der Waals surface area contributed by atoms with Gasteiger partial charge in [-0.05, 0) is 53.6 Å². The molecule has 3 N–H and O–H groups in total. The van der Waals surface area contributed by atoms with Crippen LogP contribution < -0.4 is 10.0 Å². The number of hydrogen-bond acceptors (Lipinski definition) is 5. The second-order valence-corrected chi connectivity index (χ2v) is 9.17. The van der Waals surface area contributed by atoms with Gasteiger partial charge in [0.15, 0.2) is 0 Å². The van der Waals surface area contributed by atoms with E-state index in [1.54, 1.807) is 36.7 Å². The third kappa shape index (κ3) is 3.99. The molecule has 1 saturated carbocycles. The molecule has 0 aliphatic heterocycles. The van der Waals surface area contributed by atoms with E-state index in [0.29, 0.717) is 0 Å². The van der Waals surface area contributed by atoms with Gasteiger partial charge >= 0.3 is 0 Å². The number of benzene rings is 2. The highest BCUT2D eigenvalue weighted by Crippen LogP contribution is 2.48. The Balaban J connectivity index is 1.24. The van der Waals surface area contributed by atoms with Gasteiger partial charge in [0.1, 0.15) is 0 Å². The van der Waals surface area contributed by atoms with Crippen molar-refractivity contribution in [2.75, 3.05) is 10.0 Å². The lowest BCUT2D eigenvalue weighted by atomic mass is 10.1. The van der Waals surface area contributed by atoms with Crippen LogP contribution >= 0.6 is 0 Å². The summed E-state index contributed by atoms with van der Waals surface area (Å²) < 4.78 is 27.2. The zero-order valence-electron chi connectivity index (χ0n) is 16.3. The number of carbonyl (C=O) groups excluding carboxylic acids is 1. The Morgan fingerprint density at radius 2 is 1.87 bits per heavy atom. The fourth-order valence-electron chi connectivity index (χ4n) is 3.65. The quantitative estimate of drug-likeness (QED) is 0.430. The average molecular weight is 433 g/mol. The molecule has 1 fully saturated rings. The predicted molar refractivity (Wildman–Crippen MR) is 117 cm³/mol. The zero-order valence-corrected chi connectivity index (χ0v) is 17.1. The summed E-state index contributed by atoms with van der Waals surface area (Å²) in [7, 11) is -3.72. The fourth-order valence-corrected chi connectivity index (χ4v) is 4.63. The number of anilines is 2. The Hall–Kier alpha value is -3.72. The maximum absolute atomic E-state index is 12.7. The molecule has 0 radical (unpaired) electrons. The molecule has 1 aliphatic carbocycles. The molecule has 2 aromatic carbocycles. The number of sulfonamides is 1. The summed E-state index contributed by atoms with van der Waals surface area (Å²) in [4.78, 5) is 23.5. The van der Waals surface area contributed by atoms with E-state index >= 15 is 0 Å². The molecule has 2 atom stereocenters.